The largest absolute Gasteiger partial charge is 0.206 e. The van der Waals surface area contributed by atoms with E-state index in [1.807, 2.05) is 22.9 Å². The minimum atomic E-state index is -0.187. The molecular formula is C10H6BrFS. The van der Waals surface area contributed by atoms with E-state index in [4.69, 9.17) is 0 Å². The van der Waals surface area contributed by atoms with Crippen LogP contribution in [0.4, 0.5) is 4.39 Å². The first-order valence-electron chi connectivity index (χ1n) is 3.75. The molecule has 0 spiro atoms. The first-order chi connectivity index (χ1) is 6.27. The summed E-state index contributed by atoms with van der Waals surface area (Å²) in [7, 11) is 0. The maximum Gasteiger partial charge on any atom is 0.132 e. The van der Waals surface area contributed by atoms with Gasteiger partial charge >= 0.3 is 0 Å². The highest BCUT2D eigenvalue weighted by atomic mass is 79.9. The Morgan fingerprint density at radius 1 is 1.23 bits per heavy atom. The average Bonchev–Trinajstić information content (AvgIpc) is 2.56. The molecule has 0 aliphatic rings. The van der Waals surface area contributed by atoms with Crippen molar-refractivity contribution in [3.05, 3.63) is 45.3 Å². The number of thiophene rings is 1. The second-order valence-corrected chi connectivity index (χ2v) is 4.33. The number of hydrogen-bond donors (Lipinski definition) is 0. The molecule has 0 nitrogen and oxygen atoms in total. The Morgan fingerprint density at radius 3 is 2.69 bits per heavy atom. The topological polar surface area (TPSA) is 0 Å². The van der Waals surface area contributed by atoms with Crippen molar-refractivity contribution in [1.29, 1.82) is 0 Å². The highest BCUT2D eigenvalue weighted by Crippen LogP contribution is 2.26. The molecule has 0 radical (unpaired) electrons. The Labute approximate surface area is 88.2 Å². The second-order valence-electron chi connectivity index (χ2n) is 2.64. The van der Waals surface area contributed by atoms with Crippen molar-refractivity contribution in [2.24, 2.45) is 0 Å². The fourth-order valence-electron chi connectivity index (χ4n) is 1.14. The van der Waals surface area contributed by atoms with Gasteiger partial charge < -0.3 is 0 Å². The van der Waals surface area contributed by atoms with Crippen molar-refractivity contribution in [2.75, 3.05) is 0 Å². The van der Waals surface area contributed by atoms with Crippen LogP contribution in [-0.2, 0) is 0 Å². The van der Waals surface area contributed by atoms with Crippen LogP contribution in [0.25, 0.3) is 11.1 Å². The van der Waals surface area contributed by atoms with Crippen LogP contribution in [0.15, 0.2) is 39.5 Å². The lowest BCUT2D eigenvalue weighted by atomic mass is 10.1. The standard InChI is InChI=1S/C10H6BrFS/c11-8-1-2-9(10(12)5-8)7-3-4-13-6-7/h1-6H. The van der Waals surface area contributed by atoms with E-state index in [-0.39, 0.29) is 5.82 Å². The molecule has 0 amide bonds. The molecule has 2 rings (SSSR count). The lowest BCUT2D eigenvalue weighted by molar-refractivity contribution is 0.630. The average molecular weight is 257 g/mol. The quantitative estimate of drug-likeness (QED) is 0.713. The van der Waals surface area contributed by atoms with Crippen molar-refractivity contribution in [2.45, 2.75) is 0 Å². The molecule has 1 aromatic carbocycles. The number of benzene rings is 1. The van der Waals surface area contributed by atoms with Gasteiger partial charge in [0.2, 0.25) is 0 Å². The van der Waals surface area contributed by atoms with Crippen LogP contribution >= 0.6 is 27.3 Å². The van der Waals surface area contributed by atoms with Gasteiger partial charge in [-0.05, 0) is 34.5 Å². The third kappa shape index (κ3) is 1.81. The van der Waals surface area contributed by atoms with Gasteiger partial charge in [0.1, 0.15) is 5.82 Å². The highest BCUT2D eigenvalue weighted by molar-refractivity contribution is 9.10. The maximum absolute atomic E-state index is 13.4. The molecule has 1 aromatic heterocycles. The van der Waals surface area contributed by atoms with Gasteiger partial charge in [0, 0.05) is 10.0 Å². The van der Waals surface area contributed by atoms with Gasteiger partial charge in [-0.25, -0.2) is 4.39 Å². The number of halogens is 2. The summed E-state index contributed by atoms with van der Waals surface area (Å²) in [5.74, 6) is -0.187. The van der Waals surface area contributed by atoms with Crippen LogP contribution in [0.2, 0.25) is 0 Å². The zero-order valence-corrected chi connectivity index (χ0v) is 9.03. The first-order valence-corrected chi connectivity index (χ1v) is 5.48. The van der Waals surface area contributed by atoms with E-state index in [9.17, 15) is 4.39 Å². The molecule has 13 heavy (non-hydrogen) atoms. The number of hydrogen-bond acceptors (Lipinski definition) is 1. The SMILES string of the molecule is Fc1cc(Br)ccc1-c1ccsc1. The predicted octanol–water partition coefficient (Wildman–Crippen LogP) is 4.32. The molecule has 0 saturated carbocycles. The summed E-state index contributed by atoms with van der Waals surface area (Å²) in [4.78, 5) is 0. The van der Waals surface area contributed by atoms with Crippen molar-refractivity contribution in [3.8, 4) is 11.1 Å². The summed E-state index contributed by atoms with van der Waals surface area (Å²) in [5.41, 5.74) is 1.60. The van der Waals surface area contributed by atoms with E-state index < -0.39 is 0 Å². The smallest absolute Gasteiger partial charge is 0.132 e. The third-order valence-electron chi connectivity index (χ3n) is 1.76. The van der Waals surface area contributed by atoms with Crippen molar-refractivity contribution < 1.29 is 4.39 Å². The van der Waals surface area contributed by atoms with Crippen LogP contribution in [0.5, 0.6) is 0 Å². The summed E-state index contributed by atoms with van der Waals surface area (Å²) in [6.07, 6.45) is 0. The van der Waals surface area contributed by atoms with Gasteiger partial charge in [0.05, 0.1) is 0 Å². The summed E-state index contributed by atoms with van der Waals surface area (Å²) >= 11 is 4.79. The van der Waals surface area contributed by atoms with Crippen LogP contribution in [0, 0.1) is 5.82 Å². The van der Waals surface area contributed by atoms with Gasteiger partial charge in [0.15, 0.2) is 0 Å². The minimum Gasteiger partial charge on any atom is -0.206 e. The number of rotatable bonds is 1. The first kappa shape index (κ1) is 8.91. The Bertz CT molecular complexity index is 409. The molecule has 0 saturated heterocycles. The molecule has 0 N–H and O–H groups in total. The monoisotopic (exact) mass is 256 g/mol. The summed E-state index contributed by atoms with van der Waals surface area (Å²) in [6.45, 7) is 0. The van der Waals surface area contributed by atoms with E-state index in [0.717, 1.165) is 10.0 Å². The lowest BCUT2D eigenvalue weighted by Gasteiger charge is -1.99. The molecule has 0 aliphatic carbocycles. The molecule has 1 heterocycles. The summed E-state index contributed by atoms with van der Waals surface area (Å²) in [5, 5.41) is 3.88. The van der Waals surface area contributed by atoms with Gasteiger partial charge in [-0.3, -0.25) is 0 Å². The van der Waals surface area contributed by atoms with Gasteiger partial charge in [-0.1, -0.05) is 22.0 Å². The molecule has 0 atom stereocenters. The van der Waals surface area contributed by atoms with E-state index in [1.165, 1.54) is 6.07 Å². The minimum absolute atomic E-state index is 0.187. The van der Waals surface area contributed by atoms with E-state index in [0.29, 0.717) is 5.56 Å². The summed E-state index contributed by atoms with van der Waals surface area (Å²) < 4.78 is 14.2. The van der Waals surface area contributed by atoms with Crippen molar-refractivity contribution in [3.63, 3.8) is 0 Å². The third-order valence-corrected chi connectivity index (χ3v) is 2.94. The summed E-state index contributed by atoms with van der Waals surface area (Å²) in [6, 6.07) is 7.02. The van der Waals surface area contributed by atoms with Gasteiger partial charge in [0.25, 0.3) is 0 Å². The predicted molar refractivity (Wildman–Crippen MR) is 57.4 cm³/mol. The van der Waals surface area contributed by atoms with Crippen LogP contribution in [0.3, 0.4) is 0 Å². The maximum atomic E-state index is 13.4. The molecule has 2 aromatic rings. The zero-order valence-electron chi connectivity index (χ0n) is 6.63. The highest BCUT2D eigenvalue weighted by Gasteiger charge is 2.04. The van der Waals surface area contributed by atoms with E-state index >= 15 is 0 Å². The molecular weight excluding hydrogens is 251 g/mol. The van der Waals surface area contributed by atoms with Crippen LogP contribution < -0.4 is 0 Å². The molecule has 0 aliphatic heterocycles. The van der Waals surface area contributed by atoms with Gasteiger partial charge in [-0.15, -0.1) is 0 Å². The Balaban J connectivity index is 2.53. The van der Waals surface area contributed by atoms with E-state index in [1.54, 1.807) is 17.4 Å². The molecule has 66 valence electrons. The molecule has 0 bridgehead atoms. The fourth-order valence-corrected chi connectivity index (χ4v) is 2.13. The lowest BCUT2D eigenvalue weighted by Crippen LogP contribution is -1.81. The second kappa shape index (κ2) is 3.60. The Kier molecular flexibility index (Phi) is 2.47. The molecule has 0 unspecified atom stereocenters. The van der Waals surface area contributed by atoms with Crippen LogP contribution in [0.1, 0.15) is 0 Å². The van der Waals surface area contributed by atoms with Crippen molar-refractivity contribution >= 4 is 27.3 Å². The fraction of sp³-hybridized carbons (Fsp3) is 0. The molecule has 0 fully saturated rings. The van der Waals surface area contributed by atoms with Gasteiger partial charge in [-0.2, -0.15) is 11.3 Å². The van der Waals surface area contributed by atoms with Crippen molar-refractivity contribution in [1.82, 2.24) is 0 Å². The molecule has 3 heteroatoms. The Hall–Kier alpha value is -0.670. The normalized spacial score (nSPS) is 10.3. The zero-order chi connectivity index (χ0) is 9.26. The Morgan fingerprint density at radius 2 is 2.08 bits per heavy atom. The van der Waals surface area contributed by atoms with E-state index in [2.05, 4.69) is 15.9 Å². The van der Waals surface area contributed by atoms with Crippen LogP contribution in [-0.4, -0.2) is 0 Å².